The second kappa shape index (κ2) is 8.08. The molecule has 4 rings (SSSR count). The molecule has 0 aliphatic carbocycles. The van der Waals surface area contributed by atoms with Crippen LogP contribution in [0.3, 0.4) is 0 Å². The van der Waals surface area contributed by atoms with Crippen LogP contribution in [0.4, 0.5) is 11.5 Å². The van der Waals surface area contributed by atoms with E-state index in [-0.39, 0.29) is 12.4 Å². The van der Waals surface area contributed by atoms with Crippen molar-refractivity contribution in [3.8, 4) is 5.75 Å². The molecule has 0 fully saturated rings. The normalized spacial score (nSPS) is 16.8. The molecule has 2 heterocycles. The fourth-order valence-electron chi connectivity index (χ4n) is 3.58. The zero-order valence-corrected chi connectivity index (χ0v) is 17.0. The summed E-state index contributed by atoms with van der Waals surface area (Å²) >= 11 is 0. The number of para-hydroxylation sites is 1. The van der Waals surface area contributed by atoms with Gasteiger partial charge in [-0.2, -0.15) is 10.6 Å². The van der Waals surface area contributed by atoms with Gasteiger partial charge in [-0.15, -0.1) is 0 Å². The summed E-state index contributed by atoms with van der Waals surface area (Å²) in [5, 5.41) is 13.4. The summed E-state index contributed by atoms with van der Waals surface area (Å²) < 4.78 is 26.7. The average Bonchev–Trinajstić information content (AvgIpc) is 2.87. The summed E-state index contributed by atoms with van der Waals surface area (Å²) in [6.45, 7) is 1.45. The number of hydrogen-bond acceptors (Lipinski definition) is 7. The number of hydrogen-bond donors (Lipinski definition) is 4. The molecule has 7 nitrogen and oxygen atoms in total. The maximum Gasteiger partial charge on any atom is 0.131 e. The van der Waals surface area contributed by atoms with Crippen molar-refractivity contribution >= 4 is 33.0 Å². The minimum absolute atomic E-state index is 0.0335. The van der Waals surface area contributed by atoms with Gasteiger partial charge in [-0.3, -0.25) is 9.11 Å². The van der Waals surface area contributed by atoms with E-state index in [2.05, 4.69) is 10.2 Å². The molecular formula is C21H25N3O4S. The van der Waals surface area contributed by atoms with Crippen molar-refractivity contribution in [2.75, 3.05) is 42.8 Å². The Bertz CT molecular complexity index is 1030. The summed E-state index contributed by atoms with van der Waals surface area (Å²) in [6, 6.07) is 15.2. The molecule has 0 spiro atoms. The highest BCUT2D eigenvalue weighted by Gasteiger charge is 2.27. The Labute approximate surface area is 171 Å². The van der Waals surface area contributed by atoms with Gasteiger partial charge in [0.15, 0.2) is 0 Å². The maximum absolute atomic E-state index is 10.7. The van der Waals surface area contributed by atoms with Crippen molar-refractivity contribution < 1.29 is 18.9 Å². The molecule has 0 saturated carbocycles. The molecule has 0 amide bonds. The van der Waals surface area contributed by atoms with Crippen molar-refractivity contribution in [3.63, 3.8) is 0 Å². The second-order valence-electron chi connectivity index (χ2n) is 6.96. The van der Waals surface area contributed by atoms with Crippen LogP contribution in [0.1, 0.15) is 5.56 Å². The number of benzene rings is 2. The average molecular weight is 416 g/mol. The lowest BCUT2D eigenvalue weighted by Gasteiger charge is -2.32. The van der Waals surface area contributed by atoms with E-state index < -0.39 is 10.6 Å². The van der Waals surface area contributed by atoms with Crippen LogP contribution in [-0.4, -0.2) is 51.8 Å². The maximum atomic E-state index is 10.7. The summed E-state index contributed by atoms with van der Waals surface area (Å²) in [5.41, 5.74) is 2.59. The number of ether oxygens (including phenoxy) is 1. The lowest BCUT2D eigenvalue weighted by Crippen LogP contribution is -2.26. The van der Waals surface area contributed by atoms with Gasteiger partial charge in [0, 0.05) is 42.8 Å². The number of nitrogens with one attached hydrogen (secondary N) is 1. The van der Waals surface area contributed by atoms with Crippen molar-refractivity contribution in [1.29, 1.82) is 0 Å². The first-order valence-corrected chi connectivity index (χ1v) is 11.2. The topological polar surface area (TPSA) is 98.1 Å². The van der Waals surface area contributed by atoms with E-state index in [4.69, 9.17) is 9.72 Å². The molecule has 3 aromatic rings. The number of nitrogens with zero attached hydrogens (tertiary/aromatic N) is 2. The second-order valence-corrected chi connectivity index (χ2v) is 9.14. The molecule has 0 bridgehead atoms. The first-order chi connectivity index (χ1) is 14.0. The molecule has 1 aliphatic heterocycles. The van der Waals surface area contributed by atoms with Crippen molar-refractivity contribution in [2.45, 2.75) is 11.4 Å². The first-order valence-electron chi connectivity index (χ1n) is 9.44. The minimum Gasteiger partial charge on any atom is -0.497 e. The molecule has 1 aromatic heterocycles. The highest BCUT2D eigenvalue weighted by Crippen LogP contribution is 2.52. The molecule has 8 heteroatoms. The fraction of sp³-hybridized carbons (Fsp3) is 0.286. The minimum atomic E-state index is -2.92. The Kier molecular flexibility index (Phi) is 5.51. The highest BCUT2D eigenvalue weighted by molar-refractivity contribution is 8.24. The molecular weight excluding hydrogens is 390 g/mol. The van der Waals surface area contributed by atoms with Gasteiger partial charge in [0.05, 0.1) is 29.9 Å². The summed E-state index contributed by atoms with van der Waals surface area (Å²) in [5.74, 6) is 1.58. The number of pyridine rings is 1. The number of aliphatic hydroxyl groups is 1. The Morgan fingerprint density at radius 3 is 2.79 bits per heavy atom. The molecule has 0 atom stereocenters. The van der Waals surface area contributed by atoms with E-state index in [0.29, 0.717) is 30.3 Å². The number of aromatic nitrogens is 1. The molecule has 29 heavy (non-hydrogen) atoms. The predicted molar refractivity (Wildman–Crippen MR) is 117 cm³/mol. The largest absolute Gasteiger partial charge is 0.497 e. The van der Waals surface area contributed by atoms with E-state index >= 15 is 0 Å². The summed E-state index contributed by atoms with van der Waals surface area (Å²) in [7, 11) is -1.35. The number of rotatable bonds is 5. The van der Waals surface area contributed by atoms with Crippen LogP contribution in [0.2, 0.25) is 0 Å². The van der Waals surface area contributed by atoms with Crippen LogP contribution in [0.5, 0.6) is 5.75 Å². The predicted octanol–water partition coefficient (Wildman–Crippen LogP) is 3.78. The van der Waals surface area contributed by atoms with Gasteiger partial charge in [-0.1, -0.05) is 24.3 Å². The molecule has 0 unspecified atom stereocenters. The van der Waals surface area contributed by atoms with Gasteiger partial charge < -0.3 is 20.1 Å². The van der Waals surface area contributed by atoms with Gasteiger partial charge in [0.25, 0.3) is 0 Å². The lowest BCUT2D eigenvalue weighted by molar-refractivity contribution is 0.311. The smallest absolute Gasteiger partial charge is 0.131 e. The fourth-order valence-corrected chi connectivity index (χ4v) is 5.14. The molecule has 1 aliphatic rings. The SMILES string of the molecule is COc1ccc2c(c1)S(O)(O)CCN(c1cc(NCCO)c3ccccc3n1)C2. The molecule has 154 valence electrons. The number of aliphatic hydroxyl groups excluding tert-OH is 1. The third-order valence-electron chi connectivity index (χ3n) is 5.09. The van der Waals surface area contributed by atoms with E-state index in [1.807, 2.05) is 42.5 Å². The number of anilines is 2. The first kappa shape index (κ1) is 19.8. The highest BCUT2D eigenvalue weighted by atomic mass is 32.3. The van der Waals surface area contributed by atoms with Gasteiger partial charge in [-0.05, 0) is 17.7 Å². The molecule has 0 radical (unpaired) electrons. The Morgan fingerprint density at radius 1 is 1.17 bits per heavy atom. The number of methoxy groups -OCH3 is 1. The zero-order chi connectivity index (χ0) is 20.4. The Morgan fingerprint density at radius 2 is 2.00 bits per heavy atom. The van der Waals surface area contributed by atoms with Crippen molar-refractivity contribution in [2.24, 2.45) is 0 Å². The Hall–Kier alpha value is -2.52. The lowest BCUT2D eigenvalue weighted by atomic mass is 10.1. The Balaban J connectivity index is 1.75. The third-order valence-corrected chi connectivity index (χ3v) is 6.92. The van der Waals surface area contributed by atoms with E-state index in [1.165, 1.54) is 0 Å². The van der Waals surface area contributed by atoms with Gasteiger partial charge >= 0.3 is 0 Å². The summed E-state index contributed by atoms with van der Waals surface area (Å²) in [4.78, 5) is 7.41. The van der Waals surface area contributed by atoms with E-state index in [0.717, 1.165) is 28.0 Å². The molecule has 0 saturated heterocycles. The van der Waals surface area contributed by atoms with Crippen LogP contribution >= 0.6 is 10.6 Å². The van der Waals surface area contributed by atoms with E-state index in [1.54, 1.807) is 13.2 Å². The standard InChI is InChI=1S/C21H25N3O4S/c1-28-16-7-6-15-14-24(9-11-29(26,27)20(15)12-16)21-13-19(22-8-10-25)17-4-2-3-5-18(17)23-21/h2-7,12-13,25-27H,8-11,14H2,1H3,(H,22,23). The van der Waals surface area contributed by atoms with Crippen molar-refractivity contribution in [1.82, 2.24) is 4.98 Å². The van der Waals surface area contributed by atoms with Crippen LogP contribution in [0, 0.1) is 0 Å². The van der Waals surface area contributed by atoms with Crippen LogP contribution < -0.4 is 15.0 Å². The quantitative estimate of drug-likeness (QED) is 0.503. The van der Waals surface area contributed by atoms with Gasteiger partial charge in [-0.25, -0.2) is 4.98 Å². The molecule has 4 N–H and O–H groups in total. The van der Waals surface area contributed by atoms with Crippen molar-refractivity contribution in [3.05, 3.63) is 54.1 Å². The summed E-state index contributed by atoms with van der Waals surface area (Å²) in [6.07, 6.45) is 0. The van der Waals surface area contributed by atoms with Gasteiger partial charge in [0.2, 0.25) is 0 Å². The number of fused-ring (bicyclic) bond motifs is 2. The zero-order valence-electron chi connectivity index (χ0n) is 16.2. The van der Waals surface area contributed by atoms with Gasteiger partial charge in [0.1, 0.15) is 11.6 Å². The monoisotopic (exact) mass is 415 g/mol. The third kappa shape index (κ3) is 3.97. The van der Waals surface area contributed by atoms with Crippen LogP contribution in [0.15, 0.2) is 53.4 Å². The van der Waals surface area contributed by atoms with E-state index in [9.17, 15) is 14.2 Å². The van der Waals surface area contributed by atoms with Crippen LogP contribution in [0.25, 0.3) is 10.9 Å². The van der Waals surface area contributed by atoms with Crippen LogP contribution in [-0.2, 0) is 6.54 Å². The molecule has 2 aromatic carbocycles.